The molecular weight excluding hydrogens is 424 g/mol. The summed E-state index contributed by atoms with van der Waals surface area (Å²) in [4.78, 5) is 23.3. The normalized spacial score (nSPS) is 10.2. The van der Waals surface area contributed by atoms with E-state index in [0.717, 1.165) is 17.2 Å². The first-order valence-corrected chi connectivity index (χ1v) is 10.1. The van der Waals surface area contributed by atoms with Gasteiger partial charge in [0.05, 0.1) is 27.0 Å². The van der Waals surface area contributed by atoms with Gasteiger partial charge in [-0.1, -0.05) is 0 Å². The highest BCUT2D eigenvalue weighted by atomic mass is 16.5. The van der Waals surface area contributed by atoms with Gasteiger partial charge in [0.15, 0.2) is 11.5 Å². The summed E-state index contributed by atoms with van der Waals surface area (Å²) in [6.07, 6.45) is 0. The summed E-state index contributed by atoms with van der Waals surface area (Å²) >= 11 is 0. The first kappa shape index (κ1) is 23.5. The number of amides is 2. The van der Waals surface area contributed by atoms with Crippen LogP contribution in [0.5, 0.6) is 17.2 Å². The van der Waals surface area contributed by atoms with E-state index in [1.165, 1.54) is 21.3 Å². The molecule has 0 radical (unpaired) electrons. The summed E-state index contributed by atoms with van der Waals surface area (Å²) < 4.78 is 15.9. The first-order chi connectivity index (χ1) is 15.8. The van der Waals surface area contributed by atoms with E-state index in [0.29, 0.717) is 34.6 Å². The Balaban J connectivity index is 1.66. The van der Waals surface area contributed by atoms with E-state index in [1.807, 2.05) is 44.1 Å². The van der Waals surface area contributed by atoms with Crippen LogP contribution in [-0.4, -0.2) is 51.4 Å². The predicted molar refractivity (Wildman–Crippen MR) is 130 cm³/mol. The van der Waals surface area contributed by atoms with Crippen molar-refractivity contribution in [3.05, 3.63) is 48.2 Å². The number of benzene rings is 2. The van der Waals surface area contributed by atoms with E-state index in [9.17, 15) is 4.79 Å². The van der Waals surface area contributed by atoms with Gasteiger partial charge >= 0.3 is 6.03 Å². The Labute approximate surface area is 192 Å². The molecule has 0 saturated carbocycles. The lowest BCUT2D eigenvalue weighted by molar-refractivity contribution is 0.262. The Kier molecular flexibility index (Phi) is 7.39. The van der Waals surface area contributed by atoms with Crippen LogP contribution in [0.15, 0.2) is 42.5 Å². The standard InChI is InChI=1S/C23H28N6O4/c1-14-11-20(29(2)3)28-22(24-14)25-15-7-9-16(10-8-15)26-23(30)27-17-12-18(31-4)21(33-6)19(13-17)32-5/h7-13H,1-6H3,(H,24,25,28)(H2,26,27,30). The zero-order chi connectivity index (χ0) is 24.0. The lowest BCUT2D eigenvalue weighted by Crippen LogP contribution is -2.19. The third kappa shape index (κ3) is 5.94. The van der Waals surface area contributed by atoms with Gasteiger partial charge in [-0.25, -0.2) is 9.78 Å². The van der Waals surface area contributed by atoms with Gasteiger partial charge in [-0.2, -0.15) is 4.98 Å². The molecule has 0 aliphatic heterocycles. The lowest BCUT2D eigenvalue weighted by Gasteiger charge is -2.15. The van der Waals surface area contributed by atoms with Crippen LogP contribution in [-0.2, 0) is 0 Å². The number of nitrogens with zero attached hydrogens (tertiary/aromatic N) is 3. The van der Waals surface area contributed by atoms with Crippen molar-refractivity contribution >= 4 is 34.9 Å². The van der Waals surface area contributed by atoms with Crippen molar-refractivity contribution in [1.29, 1.82) is 0 Å². The predicted octanol–water partition coefficient (Wildman–Crippen LogP) is 4.26. The molecule has 33 heavy (non-hydrogen) atoms. The monoisotopic (exact) mass is 452 g/mol. The lowest BCUT2D eigenvalue weighted by atomic mass is 10.2. The minimum atomic E-state index is -0.414. The van der Waals surface area contributed by atoms with Gasteiger partial charge in [-0.15, -0.1) is 0 Å². The third-order valence-electron chi connectivity index (χ3n) is 4.62. The molecule has 0 fully saturated rings. The largest absolute Gasteiger partial charge is 0.493 e. The fraction of sp³-hybridized carbons (Fsp3) is 0.261. The van der Waals surface area contributed by atoms with E-state index in [1.54, 1.807) is 24.3 Å². The summed E-state index contributed by atoms with van der Waals surface area (Å²) in [6, 6.07) is 12.0. The van der Waals surface area contributed by atoms with Crippen molar-refractivity contribution in [3.8, 4) is 17.2 Å². The Morgan fingerprint density at radius 3 is 1.94 bits per heavy atom. The van der Waals surface area contributed by atoms with Gasteiger partial charge in [-0.05, 0) is 31.2 Å². The number of hydrogen-bond donors (Lipinski definition) is 3. The Bertz CT molecular complexity index is 1090. The Morgan fingerprint density at radius 1 is 0.818 bits per heavy atom. The smallest absolute Gasteiger partial charge is 0.323 e. The van der Waals surface area contributed by atoms with Crippen LogP contribution >= 0.6 is 0 Å². The van der Waals surface area contributed by atoms with Gasteiger partial charge in [0, 0.05) is 49.4 Å². The molecule has 174 valence electrons. The van der Waals surface area contributed by atoms with E-state index in [4.69, 9.17) is 14.2 Å². The molecule has 0 aliphatic carbocycles. The summed E-state index contributed by atoms with van der Waals surface area (Å²) in [5.41, 5.74) is 2.76. The topological polar surface area (TPSA) is 110 Å². The van der Waals surface area contributed by atoms with Crippen LogP contribution in [0.2, 0.25) is 0 Å². The molecule has 0 unspecified atom stereocenters. The zero-order valence-electron chi connectivity index (χ0n) is 19.5. The maximum atomic E-state index is 12.5. The van der Waals surface area contributed by atoms with Crippen LogP contribution in [0.3, 0.4) is 0 Å². The van der Waals surface area contributed by atoms with E-state index < -0.39 is 6.03 Å². The summed E-state index contributed by atoms with van der Waals surface area (Å²) in [5, 5.41) is 8.73. The first-order valence-electron chi connectivity index (χ1n) is 10.1. The second-order valence-corrected chi connectivity index (χ2v) is 7.28. The fourth-order valence-electron chi connectivity index (χ4n) is 3.05. The van der Waals surface area contributed by atoms with Crippen molar-refractivity contribution in [2.75, 3.05) is 56.3 Å². The number of methoxy groups -OCH3 is 3. The van der Waals surface area contributed by atoms with Gasteiger partial charge in [0.25, 0.3) is 0 Å². The van der Waals surface area contributed by atoms with Crippen LogP contribution in [0.1, 0.15) is 5.69 Å². The average molecular weight is 453 g/mol. The van der Waals surface area contributed by atoms with Crippen molar-refractivity contribution in [3.63, 3.8) is 0 Å². The number of hydrogen-bond acceptors (Lipinski definition) is 8. The molecular formula is C23H28N6O4. The van der Waals surface area contributed by atoms with E-state index >= 15 is 0 Å². The Hall–Kier alpha value is -4.21. The average Bonchev–Trinajstić information content (AvgIpc) is 2.79. The molecule has 0 bridgehead atoms. The van der Waals surface area contributed by atoms with E-state index in [-0.39, 0.29) is 0 Å². The molecule has 3 rings (SSSR count). The number of carbonyl (C=O) groups is 1. The summed E-state index contributed by atoms with van der Waals surface area (Å²) in [5.74, 6) is 2.65. The molecule has 10 heteroatoms. The quantitative estimate of drug-likeness (QED) is 0.465. The number of carbonyl (C=O) groups excluding carboxylic acids is 1. The zero-order valence-corrected chi connectivity index (χ0v) is 19.5. The molecule has 3 N–H and O–H groups in total. The maximum Gasteiger partial charge on any atom is 0.323 e. The fourth-order valence-corrected chi connectivity index (χ4v) is 3.05. The number of rotatable bonds is 8. The van der Waals surface area contributed by atoms with Crippen LogP contribution < -0.4 is 35.1 Å². The number of ether oxygens (including phenoxy) is 3. The van der Waals surface area contributed by atoms with Crippen molar-refractivity contribution in [2.24, 2.45) is 0 Å². The van der Waals surface area contributed by atoms with Crippen molar-refractivity contribution in [2.45, 2.75) is 6.92 Å². The molecule has 0 saturated heterocycles. The maximum absolute atomic E-state index is 12.5. The number of nitrogens with one attached hydrogen (secondary N) is 3. The van der Waals surface area contributed by atoms with Crippen molar-refractivity contribution in [1.82, 2.24) is 9.97 Å². The summed E-state index contributed by atoms with van der Waals surface area (Å²) in [7, 11) is 8.40. The van der Waals surface area contributed by atoms with E-state index in [2.05, 4.69) is 25.9 Å². The van der Waals surface area contributed by atoms with Crippen LogP contribution in [0.25, 0.3) is 0 Å². The number of aryl methyl sites for hydroxylation is 1. The van der Waals surface area contributed by atoms with Crippen LogP contribution in [0.4, 0.5) is 33.6 Å². The molecule has 0 atom stereocenters. The molecule has 3 aromatic rings. The highest BCUT2D eigenvalue weighted by Crippen LogP contribution is 2.39. The van der Waals surface area contributed by atoms with Crippen LogP contribution in [0, 0.1) is 6.92 Å². The van der Waals surface area contributed by atoms with Gasteiger partial charge in [0.1, 0.15) is 5.82 Å². The van der Waals surface area contributed by atoms with Crippen molar-refractivity contribution < 1.29 is 19.0 Å². The molecule has 1 heterocycles. The third-order valence-corrected chi connectivity index (χ3v) is 4.62. The Morgan fingerprint density at radius 2 is 1.39 bits per heavy atom. The molecule has 0 spiro atoms. The van der Waals surface area contributed by atoms with Gasteiger partial charge in [-0.3, -0.25) is 0 Å². The highest BCUT2D eigenvalue weighted by Gasteiger charge is 2.14. The molecule has 2 aromatic carbocycles. The SMILES string of the molecule is COc1cc(NC(=O)Nc2ccc(Nc3nc(C)cc(N(C)C)n3)cc2)cc(OC)c1OC. The molecule has 2 amide bonds. The molecule has 10 nitrogen and oxygen atoms in total. The van der Waals surface area contributed by atoms with Gasteiger partial charge in [0.2, 0.25) is 11.7 Å². The number of aromatic nitrogens is 2. The highest BCUT2D eigenvalue weighted by molar-refractivity contribution is 6.00. The number of urea groups is 1. The second kappa shape index (κ2) is 10.4. The van der Waals surface area contributed by atoms with Gasteiger partial charge < -0.3 is 35.1 Å². The minimum Gasteiger partial charge on any atom is -0.493 e. The summed E-state index contributed by atoms with van der Waals surface area (Å²) in [6.45, 7) is 1.92. The molecule has 1 aromatic heterocycles. The molecule has 0 aliphatic rings. The number of anilines is 5. The minimum absolute atomic E-state index is 0.414. The second-order valence-electron chi connectivity index (χ2n) is 7.28.